The summed E-state index contributed by atoms with van der Waals surface area (Å²) in [7, 11) is 6.59. The van der Waals surface area contributed by atoms with Crippen LogP contribution in [-0.4, -0.2) is 134 Å². The number of carboxylic acids is 1. The molecule has 6 unspecified atom stereocenters. The minimum Gasteiger partial charge on any atom is -0.480 e. The first kappa shape index (κ1) is 35.4. The molecule has 2 rings (SSSR count). The maximum Gasteiger partial charge on any atom is 0.322 e. The molecule has 42 heavy (non-hydrogen) atoms. The number of nitrogens with one attached hydrogen (secondary N) is 2. The zero-order valence-electron chi connectivity index (χ0n) is 26.3. The van der Waals surface area contributed by atoms with Gasteiger partial charge in [-0.1, -0.05) is 27.2 Å². The predicted molar refractivity (Wildman–Crippen MR) is 155 cm³/mol. The number of carbonyl (C=O) groups excluding carboxylic acids is 4. The number of nitrogens with zero attached hydrogens (tertiary/aromatic N) is 3. The molecule has 7 atom stereocenters. The summed E-state index contributed by atoms with van der Waals surface area (Å²) in [5.74, 6) is -2.86. The van der Waals surface area contributed by atoms with Crippen LogP contribution in [-0.2, 0) is 33.4 Å². The van der Waals surface area contributed by atoms with Crippen molar-refractivity contribution in [1.29, 1.82) is 0 Å². The van der Waals surface area contributed by atoms with Crippen LogP contribution in [0.1, 0.15) is 59.3 Å². The number of methoxy groups -OCH3 is 2. The highest BCUT2D eigenvalue weighted by Gasteiger charge is 2.42. The van der Waals surface area contributed by atoms with Crippen LogP contribution in [0.25, 0.3) is 0 Å². The van der Waals surface area contributed by atoms with Gasteiger partial charge >= 0.3 is 5.97 Å². The summed E-state index contributed by atoms with van der Waals surface area (Å²) in [6, 6.07) is -1.01. The molecule has 0 bridgehead atoms. The zero-order chi connectivity index (χ0) is 31.6. The Labute approximate surface area is 249 Å². The van der Waals surface area contributed by atoms with Crippen LogP contribution in [0.15, 0.2) is 0 Å². The van der Waals surface area contributed by atoms with Crippen molar-refractivity contribution in [2.24, 2.45) is 11.8 Å². The summed E-state index contributed by atoms with van der Waals surface area (Å²) < 4.78 is 11.5. The first-order valence-corrected chi connectivity index (χ1v) is 15.0. The second-order valence-electron chi connectivity index (χ2n) is 11.6. The summed E-state index contributed by atoms with van der Waals surface area (Å²) in [6.45, 7) is 6.40. The van der Waals surface area contributed by atoms with Gasteiger partial charge in [-0.2, -0.15) is 0 Å². The van der Waals surface area contributed by atoms with Crippen molar-refractivity contribution in [1.82, 2.24) is 25.3 Å². The minimum atomic E-state index is -1.14. The van der Waals surface area contributed by atoms with E-state index >= 15 is 0 Å². The van der Waals surface area contributed by atoms with Gasteiger partial charge in [0.1, 0.15) is 6.54 Å². The Kier molecular flexibility index (Phi) is 14.1. The van der Waals surface area contributed by atoms with Gasteiger partial charge in [-0.25, -0.2) is 0 Å². The van der Waals surface area contributed by atoms with Gasteiger partial charge in [0.25, 0.3) is 0 Å². The van der Waals surface area contributed by atoms with Crippen LogP contribution in [0.4, 0.5) is 0 Å². The molecule has 2 saturated heterocycles. The van der Waals surface area contributed by atoms with E-state index in [2.05, 4.69) is 10.6 Å². The second kappa shape index (κ2) is 16.8. The van der Waals surface area contributed by atoms with E-state index in [-0.39, 0.29) is 48.7 Å². The molecule has 2 fully saturated rings. The fraction of sp³-hybridized carbons (Fsp3) is 0.828. The van der Waals surface area contributed by atoms with Crippen molar-refractivity contribution in [3.63, 3.8) is 0 Å². The molecular formula is C29H51N5O8. The smallest absolute Gasteiger partial charge is 0.322 e. The number of hydrogen-bond acceptors (Lipinski definition) is 8. The molecule has 0 aromatic rings. The summed E-state index contributed by atoms with van der Waals surface area (Å²) in [5, 5.41) is 14.1. The highest BCUT2D eigenvalue weighted by molar-refractivity contribution is 5.88. The Balaban J connectivity index is 2.11. The number of carboxylic acid groups (broad SMARTS) is 1. The molecule has 0 aromatic heterocycles. The van der Waals surface area contributed by atoms with Crippen LogP contribution >= 0.6 is 0 Å². The minimum absolute atomic E-state index is 0.00687. The Morgan fingerprint density at radius 2 is 1.67 bits per heavy atom. The number of likely N-dealkylation sites (tertiary alicyclic amines) is 2. The van der Waals surface area contributed by atoms with Crippen molar-refractivity contribution in [2.75, 3.05) is 54.5 Å². The van der Waals surface area contributed by atoms with E-state index in [9.17, 15) is 24.0 Å². The topological polar surface area (TPSA) is 158 Å². The zero-order valence-corrected chi connectivity index (χ0v) is 26.3. The number of likely N-dealkylation sites (N-methyl/N-ethyl adjacent to an activating group) is 2. The van der Waals surface area contributed by atoms with Gasteiger partial charge in [0, 0.05) is 27.8 Å². The second-order valence-corrected chi connectivity index (χ2v) is 11.6. The molecule has 13 heteroatoms. The molecule has 2 aliphatic rings. The molecule has 0 aromatic carbocycles. The van der Waals surface area contributed by atoms with Gasteiger partial charge in [-0.3, -0.25) is 28.9 Å². The van der Waals surface area contributed by atoms with Gasteiger partial charge < -0.3 is 35.0 Å². The Morgan fingerprint density at radius 1 is 1.00 bits per heavy atom. The predicted octanol–water partition coefficient (Wildman–Crippen LogP) is 0.318. The van der Waals surface area contributed by atoms with Gasteiger partial charge in [-0.15, -0.1) is 0 Å². The Bertz CT molecular complexity index is 949. The first-order valence-electron chi connectivity index (χ1n) is 15.0. The van der Waals surface area contributed by atoms with Gasteiger partial charge in [0.15, 0.2) is 0 Å². The van der Waals surface area contributed by atoms with E-state index in [1.54, 1.807) is 23.8 Å². The van der Waals surface area contributed by atoms with Gasteiger partial charge in [0.05, 0.1) is 49.2 Å². The third-order valence-corrected chi connectivity index (χ3v) is 8.96. The van der Waals surface area contributed by atoms with Crippen molar-refractivity contribution >= 4 is 29.6 Å². The lowest BCUT2D eigenvalue weighted by Gasteiger charge is -2.39. The molecule has 240 valence electrons. The number of carbonyl (C=O) groups is 5. The average molecular weight is 598 g/mol. The average Bonchev–Trinajstić information content (AvgIpc) is 3.63. The molecule has 2 aliphatic heterocycles. The van der Waals surface area contributed by atoms with Crippen molar-refractivity contribution in [3.05, 3.63) is 0 Å². The molecule has 0 saturated carbocycles. The van der Waals surface area contributed by atoms with E-state index in [1.807, 2.05) is 25.8 Å². The maximum absolute atomic E-state index is 13.7. The van der Waals surface area contributed by atoms with E-state index in [4.69, 9.17) is 14.6 Å². The summed E-state index contributed by atoms with van der Waals surface area (Å²) >= 11 is 0. The van der Waals surface area contributed by atoms with Crippen molar-refractivity contribution in [3.8, 4) is 0 Å². The van der Waals surface area contributed by atoms with Crippen molar-refractivity contribution in [2.45, 2.75) is 89.6 Å². The number of aliphatic carboxylic acids is 1. The number of hydrogen-bond donors (Lipinski definition) is 3. The van der Waals surface area contributed by atoms with Gasteiger partial charge in [0.2, 0.25) is 23.6 Å². The number of amides is 4. The van der Waals surface area contributed by atoms with Crippen LogP contribution < -0.4 is 10.6 Å². The lowest BCUT2D eigenvalue weighted by molar-refractivity contribution is -0.146. The van der Waals surface area contributed by atoms with E-state index in [0.29, 0.717) is 13.0 Å². The molecule has 13 nitrogen and oxygen atoms in total. The van der Waals surface area contributed by atoms with Crippen LogP contribution in [0.3, 0.4) is 0 Å². The maximum atomic E-state index is 13.7. The summed E-state index contributed by atoms with van der Waals surface area (Å²) in [6.07, 6.45) is 2.64. The Hall–Kier alpha value is -2.77. The lowest BCUT2D eigenvalue weighted by atomic mass is 9.90. The molecular weight excluding hydrogens is 546 g/mol. The third-order valence-electron chi connectivity index (χ3n) is 8.96. The molecule has 0 spiro atoms. The quantitative estimate of drug-likeness (QED) is 0.228. The SMILES string of the molecule is CC[C@H](C)C(C(CC(=O)N1CCCC1C(OC)C(C)C(=O)NCC(=O)O)OC)N(C)C(=O)CNC(=O)C1CCCN1C. The van der Waals surface area contributed by atoms with E-state index in [1.165, 1.54) is 14.2 Å². The fourth-order valence-corrected chi connectivity index (χ4v) is 6.30. The molecule has 3 N–H and O–H groups in total. The monoisotopic (exact) mass is 597 g/mol. The summed E-state index contributed by atoms with van der Waals surface area (Å²) in [5.41, 5.74) is 0. The molecule has 2 heterocycles. The number of ether oxygens (including phenoxy) is 2. The van der Waals surface area contributed by atoms with Crippen LogP contribution in [0.2, 0.25) is 0 Å². The number of rotatable bonds is 16. The molecule has 0 aliphatic carbocycles. The third kappa shape index (κ3) is 9.11. The Morgan fingerprint density at radius 3 is 2.21 bits per heavy atom. The van der Waals surface area contributed by atoms with E-state index in [0.717, 1.165) is 32.2 Å². The lowest BCUT2D eigenvalue weighted by Crippen LogP contribution is -2.54. The highest BCUT2D eigenvalue weighted by atomic mass is 16.5. The normalized spacial score (nSPS) is 22.6. The van der Waals surface area contributed by atoms with Crippen molar-refractivity contribution < 1.29 is 38.6 Å². The highest BCUT2D eigenvalue weighted by Crippen LogP contribution is 2.29. The fourth-order valence-electron chi connectivity index (χ4n) is 6.30. The summed E-state index contributed by atoms with van der Waals surface area (Å²) in [4.78, 5) is 68.3. The van der Waals surface area contributed by atoms with Gasteiger partial charge in [-0.05, 0) is 45.2 Å². The van der Waals surface area contributed by atoms with Crippen LogP contribution in [0.5, 0.6) is 0 Å². The standard InChI is InChI=1S/C29H51N5O8/c1-8-18(2)26(33(5)24(36)16-30-29(40)21-12-9-13-32(21)4)22(41-6)15-23(35)34-14-10-11-20(34)27(42-7)19(3)28(39)31-17-25(37)38/h18-22,26-27H,8-17H2,1-7H3,(H,30,40)(H,31,39)(H,37,38)/t18-,19?,20?,21?,22?,26?,27?/m0/s1. The molecule has 0 radical (unpaired) electrons. The first-order chi connectivity index (χ1) is 19.9. The van der Waals surface area contributed by atoms with Crippen LogP contribution in [0, 0.1) is 11.8 Å². The largest absolute Gasteiger partial charge is 0.480 e. The van der Waals surface area contributed by atoms with E-state index < -0.39 is 42.6 Å². The molecule has 4 amide bonds.